The molecule has 1 aromatic carbocycles. The summed E-state index contributed by atoms with van der Waals surface area (Å²) >= 11 is 3.65. The quantitative estimate of drug-likeness (QED) is 0.592. The van der Waals surface area contributed by atoms with Gasteiger partial charge >= 0.3 is 0 Å². The Hall–Kier alpha value is -0.830. The lowest BCUT2D eigenvalue weighted by molar-refractivity contribution is 0.189. The Kier molecular flexibility index (Phi) is 5.37. The van der Waals surface area contributed by atoms with Gasteiger partial charge in [0, 0.05) is 17.3 Å². The number of alkyl halides is 1. The molecule has 0 amide bonds. The first-order chi connectivity index (χ1) is 10.3. The highest BCUT2D eigenvalue weighted by Crippen LogP contribution is 2.35. The summed E-state index contributed by atoms with van der Waals surface area (Å²) in [4.78, 5) is 0.406. The largest absolute Gasteiger partial charge is 0.243 e. The minimum atomic E-state index is -3.54. The van der Waals surface area contributed by atoms with Crippen molar-refractivity contribution in [1.29, 1.82) is 0 Å². The molecule has 3 nitrogen and oxygen atoms in total. The lowest BCUT2D eigenvalue weighted by Crippen LogP contribution is -2.54. The Morgan fingerprint density at radius 2 is 1.95 bits per heavy atom. The van der Waals surface area contributed by atoms with Gasteiger partial charge in [0.15, 0.2) is 0 Å². The van der Waals surface area contributed by atoms with Crippen LogP contribution < -0.4 is 0 Å². The summed E-state index contributed by atoms with van der Waals surface area (Å²) in [7, 11) is -3.54. The van der Waals surface area contributed by atoms with E-state index in [9.17, 15) is 8.42 Å². The summed E-state index contributed by atoms with van der Waals surface area (Å²) in [6.45, 7) is 6.43. The van der Waals surface area contributed by atoms with Crippen LogP contribution in [-0.4, -0.2) is 30.1 Å². The SMILES string of the molecule is C#C[C@@H](C)[C@@H]1[C@@H](Br)C[C@H](C)CN1S(=O)(=O)c1ccc(C)cc1. The Bertz CT molecular complexity index is 663. The van der Waals surface area contributed by atoms with Crippen LogP contribution in [-0.2, 0) is 10.0 Å². The van der Waals surface area contributed by atoms with Crippen molar-refractivity contribution in [3.63, 3.8) is 0 Å². The smallest absolute Gasteiger partial charge is 0.207 e. The van der Waals surface area contributed by atoms with Gasteiger partial charge in [-0.05, 0) is 38.3 Å². The predicted octanol–water partition coefficient (Wildman–Crippen LogP) is 3.43. The molecule has 1 heterocycles. The molecule has 5 heteroatoms. The van der Waals surface area contributed by atoms with Crippen molar-refractivity contribution < 1.29 is 8.42 Å². The van der Waals surface area contributed by atoms with E-state index in [0.717, 1.165) is 12.0 Å². The van der Waals surface area contributed by atoms with E-state index >= 15 is 0 Å². The molecular formula is C17H22BrNO2S. The predicted molar refractivity (Wildman–Crippen MR) is 93.4 cm³/mol. The zero-order chi connectivity index (χ0) is 16.5. The van der Waals surface area contributed by atoms with E-state index in [1.807, 2.05) is 26.0 Å². The van der Waals surface area contributed by atoms with E-state index in [1.165, 1.54) is 0 Å². The van der Waals surface area contributed by atoms with Crippen LogP contribution in [0.5, 0.6) is 0 Å². The molecule has 1 aliphatic heterocycles. The van der Waals surface area contributed by atoms with E-state index in [0.29, 0.717) is 17.4 Å². The maximum atomic E-state index is 13.1. The number of rotatable bonds is 3. The second-order valence-electron chi connectivity index (χ2n) is 6.19. The number of hydrogen-bond donors (Lipinski definition) is 0. The van der Waals surface area contributed by atoms with Gasteiger partial charge in [0.2, 0.25) is 10.0 Å². The first kappa shape index (κ1) is 17.5. The van der Waals surface area contributed by atoms with Gasteiger partial charge in [0.1, 0.15) is 0 Å². The number of piperidine rings is 1. The van der Waals surface area contributed by atoms with Crippen molar-refractivity contribution in [1.82, 2.24) is 4.31 Å². The van der Waals surface area contributed by atoms with Gasteiger partial charge in [-0.15, -0.1) is 12.3 Å². The molecule has 0 unspecified atom stereocenters. The van der Waals surface area contributed by atoms with Gasteiger partial charge in [-0.25, -0.2) is 8.42 Å². The molecule has 0 aromatic heterocycles. The van der Waals surface area contributed by atoms with E-state index in [4.69, 9.17) is 6.42 Å². The second kappa shape index (κ2) is 6.74. The van der Waals surface area contributed by atoms with Crippen LogP contribution in [0.15, 0.2) is 29.2 Å². The molecule has 0 radical (unpaired) electrons. The summed E-state index contributed by atoms with van der Waals surface area (Å²) in [5, 5.41) is 0. The summed E-state index contributed by atoms with van der Waals surface area (Å²) < 4.78 is 27.7. The number of sulfonamides is 1. The van der Waals surface area contributed by atoms with E-state index in [2.05, 4.69) is 28.8 Å². The Balaban J connectivity index is 2.45. The fraction of sp³-hybridized carbons (Fsp3) is 0.529. The fourth-order valence-electron chi connectivity index (χ4n) is 2.97. The molecule has 1 aliphatic rings. The number of benzene rings is 1. The van der Waals surface area contributed by atoms with Crippen molar-refractivity contribution in [2.24, 2.45) is 11.8 Å². The number of nitrogens with zero attached hydrogens (tertiary/aromatic N) is 1. The minimum Gasteiger partial charge on any atom is -0.207 e. The topological polar surface area (TPSA) is 37.4 Å². The second-order valence-corrected chi connectivity index (χ2v) is 9.26. The maximum absolute atomic E-state index is 13.1. The Morgan fingerprint density at radius 1 is 1.36 bits per heavy atom. The average Bonchev–Trinajstić information content (AvgIpc) is 2.46. The normalized spacial score (nSPS) is 28.0. The third-order valence-electron chi connectivity index (χ3n) is 4.23. The van der Waals surface area contributed by atoms with Crippen LogP contribution in [0.25, 0.3) is 0 Å². The molecule has 22 heavy (non-hydrogen) atoms. The highest BCUT2D eigenvalue weighted by molar-refractivity contribution is 9.09. The lowest BCUT2D eigenvalue weighted by Gasteiger charge is -2.42. The number of hydrogen-bond acceptors (Lipinski definition) is 2. The first-order valence-corrected chi connectivity index (χ1v) is 9.81. The van der Waals surface area contributed by atoms with Gasteiger partial charge in [0.05, 0.1) is 10.9 Å². The number of terminal acetylenes is 1. The van der Waals surface area contributed by atoms with Crippen molar-refractivity contribution in [3.8, 4) is 12.3 Å². The number of halogens is 1. The van der Waals surface area contributed by atoms with Gasteiger partial charge in [-0.1, -0.05) is 40.5 Å². The molecule has 0 spiro atoms. The van der Waals surface area contributed by atoms with Gasteiger partial charge in [0.25, 0.3) is 0 Å². The zero-order valence-corrected chi connectivity index (χ0v) is 15.6. The van der Waals surface area contributed by atoms with E-state index < -0.39 is 10.0 Å². The van der Waals surface area contributed by atoms with Gasteiger partial charge in [-0.2, -0.15) is 4.31 Å². The molecule has 1 fully saturated rings. The molecule has 0 aliphatic carbocycles. The van der Waals surface area contributed by atoms with Crippen LogP contribution in [0.1, 0.15) is 25.8 Å². The Labute approximate surface area is 142 Å². The van der Waals surface area contributed by atoms with Crippen LogP contribution in [0, 0.1) is 31.1 Å². The van der Waals surface area contributed by atoms with Crippen LogP contribution >= 0.6 is 15.9 Å². The lowest BCUT2D eigenvalue weighted by atomic mass is 9.89. The maximum Gasteiger partial charge on any atom is 0.243 e. The van der Waals surface area contributed by atoms with Gasteiger partial charge < -0.3 is 0 Å². The third-order valence-corrected chi connectivity index (χ3v) is 7.02. The summed E-state index contributed by atoms with van der Waals surface area (Å²) in [6.07, 6.45) is 6.50. The standard InChI is InChI=1S/C17H22BrNO2S/c1-5-14(4)17-16(18)10-13(3)11-19(17)22(20,21)15-8-6-12(2)7-9-15/h1,6-9,13-14,16-17H,10-11H2,2-4H3/t13-,14+,16-,17+/m0/s1. The van der Waals surface area contributed by atoms with Crippen molar-refractivity contribution >= 4 is 26.0 Å². The summed E-state index contributed by atoms with van der Waals surface area (Å²) in [6, 6.07) is 6.78. The van der Waals surface area contributed by atoms with Gasteiger partial charge in [-0.3, -0.25) is 0 Å². The number of aryl methyl sites for hydroxylation is 1. The third kappa shape index (κ3) is 3.40. The van der Waals surface area contributed by atoms with E-state index in [-0.39, 0.29) is 16.8 Å². The average molecular weight is 384 g/mol. The molecule has 0 N–H and O–H groups in total. The minimum absolute atomic E-state index is 0.0718. The van der Waals surface area contributed by atoms with Crippen LogP contribution in [0.3, 0.4) is 0 Å². The molecule has 1 saturated heterocycles. The summed E-state index contributed by atoms with van der Waals surface area (Å²) in [5.41, 5.74) is 1.04. The molecule has 0 saturated carbocycles. The molecular weight excluding hydrogens is 362 g/mol. The highest BCUT2D eigenvalue weighted by atomic mass is 79.9. The zero-order valence-electron chi connectivity index (χ0n) is 13.2. The van der Waals surface area contributed by atoms with Crippen molar-refractivity contribution in [3.05, 3.63) is 29.8 Å². The highest BCUT2D eigenvalue weighted by Gasteiger charge is 2.42. The molecule has 1 aromatic rings. The first-order valence-electron chi connectivity index (χ1n) is 7.46. The van der Waals surface area contributed by atoms with Crippen molar-refractivity contribution in [2.75, 3.05) is 6.54 Å². The summed E-state index contributed by atoms with van der Waals surface area (Å²) in [5.74, 6) is 2.86. The Morgan fingerprint density at radius 3 is 2.50 bits per heavy atom. The van der Waals surface area contributed by atoms with Crippen molar-refractivity contribution in [2.45, 2.75) is 43.0 Å². The van der Waals surface area contributed by atoms with E-state index in [1.54, 1.807) is 16.4 Å². The van der Waals surface area contributed by atoms with Crippen LogP contribution in [0.4, 0.5) is 0 Å². The monoisotopic (exact) mass is 383 g/mol. The van der Waals surface area contributed by atoms with Crippen LogP contribution in [0.2, 0.25) is 0 Å². The molecule has 120 valence electrons. The fourth-order valence-corrected chi connectivity index (χ4v) is 6.36. The molecule has 0 bridgehead atoms. The molecule has 2 rings (SSSR count). The molecule has 4 atom stereocenters.